The molecule has 0 aliphatic heterocycles. The van der Waals surface area contributed by atoms with Crippen LogP contribution in [0, 0.1) is 5.82 Å². The molecular formula is C22H20BrClFNO3. The Bertz CT molecular complexity index is 983. The summed E-state index contributed by atoms with van der Waals surface area (Å²) in [6.07, 6.45) is 0. The summed E-state index contributed by atoms with van der Waals surface area (Å²) < 4.78 is 25.7. The van der Waals surface area contributed by atoms with Crippen LogP contribution in [0.4, 0.5) is 10.1 Å². The summed E-state index contributed by atoms with van der Waals surface area (Å²) in [5.41, 5.74) is 2.55. The van der Waals surface area contributed by atoms with E-state index in [1.807, 2.05) is 19.1 Å². The van der Waals surface area contributed by atoms with E-state index in [1.165, 1.54) is 12.1 Å². The fourth-order valence-corrected chi connectivity index (χ4v) is 3.35. The third kappa shape index (κ3) is 5.78. The molecule has 0 radical (unpaired) electrons. The number of phenolic OH excluding ortho intramolecular Hbond substituents is 1. The van der Waals surface area contributed by atoms with Crippen molar-refractivity contribution < 1.29 is 19.0 Å². The van der Waals surface area contributed by atoms with E-state index in [0.717, 1.165) is 15.7 Å². The van der Waals surface area contributed by atoms with Gasteiger partial charge in [0.05, 0.1) is 11.6 Å². The predicted octanol–water partition coefficient (Wildman–Crippen LogP) is 6.54. The molecule has 29 heavy (non-hydrogen) atoms. The second kappa shape index (κ2) is 9.85. The maximum atomic E-state index is 13.2. The van der Waals surface area contributed by atoms with Crippen LogP contribution in [0.5, 0.6) is 17.2 Å². The number of anilines is 1. The van der Waals surface area contributed by atoms with Gasteiger partial charge in [-0.15, -0.1) is 0 Å². The number of aromatic hydroxyl groups is 1. The molecule has 2 N–H and O–H groups in total. The van der Waals surface area contributed by atoms with Gasteiger partial charge in [-0.05, 0) is 61.0 Å². The molecule has 4 nitrogen and oxygen atoms in total. The average Bonchev–Trinajstić information content (AvgIpc) is 2.69. The van der Waals surface area contributed by atoms with Gasteiger partial charge >= 0.3 is 0 Å². The zero-order chi connectivity index (χ0) is 20.8. The molecule has 0 fully saturated rings. The molecule has 3 aromatic rings. The van der Waals surface area contributed by atoms with Gasteiger partial charge < -0.3 is 19.9 Å². The van der Waals surface area contributed by atoms with Crippen molar-refractivity contribution in [2.75, 3.05) is 11.9 Å². The van der Waals surface area contributed by atoms with E-state index in [4.69, 9.17) is 21.1 Å². The van der Waals surface area contributed by atoms with Gasteiger partial charge in [0.1, 0.15) is 18.2 Å². The molecule has 0 heterocycles. The standard InChI is InChI=1S/C22H20BrClFNO3/c1-2-28-21-9-15(12-26-17-5-7-18(27)8-6-17)19(23)11-22(21)29-13-14-3-4-16(25)10-20(14)24/h3-11,26-27H,2,12-13H2,1H3. The fourth-order valence-electron chi connectivity index (χ4n) is 2.66. The van der Waals surface area contributed by atoms with Crippen molar-refractivity contribution in [3.05, 3.63) is 81.0 Å². The van der Waals surface area contributed by atoms with Crippen LogP contribution in [0.2, 0.25) is 5.02 Å². The topological polar surface area (TPSA) is 50.7 Å². The first-order valence-electron chi connectivity index (χ1n) is 9.01. The van der Waals surface area contributed by atoms with Gasteiger partial charge in [-0.2, -0.15) is 0 Å². The fraction of sp³-hybridized carbons (Fsp3) is 0.182. The van der Waals surface area contributed by atoms with Crippen LogP contribution in [0.15, 0.2) is 59.1 Å². The minimum absolute atomic E-state index is 0.191. The first-order valence-corrected chi connectivity index (χ1v) is 10.2. The highest BCUT2D eigenvalue weighted by molar-refractivity contribution is 9.10. The summed E-state index contributed by atoms with van der Waals surface area (Å²) in [6, 6.07) is 14.8. The molecule has 0 amide bonds. The van der Waals surface area contributed by atoms with Crippen LogP contribution in [0.25, 0.3) is 0 Å². The number of hydrogen-bond acceptors (Lipinski definition) is 4. The second-order valence-corrected chi connectivity index (χ2v) is 7.51. The summed E-state index contributed by atoms with van der Waals surface area (Å²) in [6.45, 7) is 3.13. The normalized spacial score (nSPS) is 10.6. The summed E-state index contributed by atoms with van der Waals surface area (Å²) in [7, 11) is 0. The quantitative estimate of drug-likeness (QED) is 0.360. The number of halogens is 3. The molecule has 0 saturated heterocycles. The Morgan fingerprint density at radius 2 is 1.72 bits per heavy atom. The Labute approximate surface area is 182 Å². The zero-order valence-electron chi connectivity index (χ0n) is 15.7. The minimum Gasteiger partial charge on any atom is -0.508 e. The number of ether oxygens (including phenoxy) is 2. The first-order chi connectivity index (χ1) is 14.0. The Hall–Kier alpha value is -2.44. The highest BCUT2D eigenvalue weighted by Gasteiger charge is 2.12. The number of phenols is 1. The van der Waals surface area contributed by atoms with Gasteiger partial charge in [0.25, 0.3) is 0 Å². The van der Waals surface area contributed by atoms with Crippen LogP contribution in [-0.4, -0.2) is 11.7 Å². The molecule has 3 rings (SSSR count). The maximum absolute atomic E-state index is 13.2. The van der Waals surface area contributed by atoms with Crippen molar-refractivity contribution in [2.45, 2.75) is 20.1 Å². The Morgan fingerprint density at radius 1 is 1.00 bits per heavy atom. The smallest absolute Gasteiger partial charge is 0.162 e. The van der Waals surface area contributed by atoms with E-state index >= 15 is 0 Å². The van der Waals surface area contributed by atoms with Crippen molar-refractivity contribution in [1.29, 1.82) is 0 Å². The lowest BCUT2D eigenvalue weighted by Gasteiger charge is -2.16. The van der Waals surface area contributed by atoms with E-state index < -0.39 is 0 Å². The molecule has 0 aliphatic carbocycles. The van der Waals surface area contributed by atoms with Crippen molar-refractivity contribution in [1.82, 2.24) is 0 Å². The largest absolute Gasteiger partial charge is 0.508 e. The van der Waals surface area contributed by atoms with E-state index in [0.29, 0.717) is 35.2 Å². The molecule has 152 valence electrons. The minimum atomic E-state index is -0.387. The molecule has 0 saturated carbocycles. The van der Waals surface area contributed by atoms with Gasteiger partial charge in [0.15, 0.2) is 11.5 Å². The molecule has 3 aromatic carbocycles. The summed E-state index contributed by atoms with van der Waals surface area (Å²) in [5.74, 6) is 1.00. The Kier molecular flexibility index (Phi) is 7.23. The molecule has 0 aromatic heterocycles. The highest BCUT2D eigenvalue weighted by Crippen LogP contribution is 2.35. The van der Waals surface area contributed by atoms with Gasteiger partial charge in [0, 0.05) is 22.3 Å². The van der Waals surface area contributed by atoms with Gasteiger partial charge in [-0.1, -0.05) is 33.6 Å². The first kappa shape index (κ1) is 21.3. The SMILES string of the molecule is CCOc1cc(CNc2ccc(O)cc2)c(Br)cc1OCc1ccc(F)cc1Cl. The lowest BCUT2D eigenvalue weighted by molar-refractivity contribution is 0.269. The van der Waals surface area contributed by atoms with Crippen LogP contribution in [0.3, 0.4) is 0 Å². The van der Waals surface area contributed by atoms with Gasteiger partial charge in [-0.25, -0.2) is 4.39 Å². The van der Waals surface area contributed by atoms with E-state index in [1.54, 1.807) is 30.3 Å². The lowest BCUT2D eigenvalue weighted by Crippen LogP contribution is -2.04. The van der Waals surface area contributed by atoms with Gasteiger partial charge in [0.2, 0.25) is 0 Å². The molecule has 0 unspecified atom stereocenters. The van der Waals surface area contributed by atoms with Crippen LogP contribution in [-0.2, 0) is 13.2 Å². The van der Waals surface area contributed by atoms with Crippen molar-refractivity contribution >= 4 is 33.2 Å². The van der Waals surface area contributed by atoms with Crippen LogP contribution in [0.1, 0.15) is 18.1 Å². The third-order valence-corrected chi connectivity index (χ3v) is 5.25. The Morgan fingerprint density at radius 3 is 2.41 bits per heavy atom. The predicted molar refractivity (Wildman–Crippen MR) is 116 cm³/mol. The summed E-state index contributed by atoms with van der Waals surface area (Å²) in [5, 5.41) is 13.0. The summed E-state index contributed by atoms with van der Waals surface area (Å²) in [4.78, 5) is 0. The number of benzene rings is 3. The molecular weight excluding hydrogens is 461 g/mol. The van der Waals surface area contributed by atoms with Crippen molar-refractivity contribution in [2.24, 2.45) is 0 Å². The summed E-state index contributed by atoms with van der Waals surface area (Å²) >= 11 is 9.65. The second-order valence-electron chi connectivity index (χ2n) is 6.25. The molecule has 0 bridgehead atoms. The molecule has 0 aliphatic rings. The van der Waals surface area contributed by atoms with Crippen molar-refractivity contribution in [3.63, 3.8) is 0 Å². The van der Waals surface area contributed by atoms with Crippen molar-refractivity contribution in [3.8, 4) is 17.2 Å². The molecule has 0 spiro atoms. The van der Waals surface area contributed by atoms with E-state index in [2.05, 4.69) is 21.2 Å². The molecule has 0 atom stereocenters. The zero-order valence-corrected chi connectivity index (χ0v) is 18.1. The Balaban J connectivity index is 1.75. The number of hydrogen-bond donors (Lipinski definition) is 2. The monoisotopic (exact) mass is 479 g/mol. The average molecular weight is 481 g/mol. The van der Waals surface area contributed by atoms with E-state index in [-0.39, 0.29) is 18.2 Å². The van der Waals surface area contributed by atoms with Gasteiger partial charge in [-0.3, -0.25) is 0 Å². The van der Waals surface area contributed by atoms with E-state index in [9.17, 15) is 9.50 Å². The molecule has 7 heteroatoms. The highest BCUT2D eigenvalue weighted by atomic mass is 79.9. The maximum Gasteiger partial charge on any atom is 0.162 e. The van der Waals surface area contributed by atoms with Crippen LogP contribution < -0.4 is 14.8 Å². The third-order valence-electron chi connectivity index (χ3n) is 4.16. The number of rotatable bonds is 8. The van der Waals surface area contributed by atoms with Crippen LogP contribution >= 0.6 is 27.5 Å². The number of nitrogens with one attached hydrogen (secondary N) is 1. The lowest BCUT2D eigenvalue weighted by atomic mass is 10.2.